The monoisotopic (exact) mass is 306 g/mol. The Morgan fingerprint density at radius 1 is 1.26 bits per heavy atom. The Hall–Kier alpha value is -1.33. The maximum atomic E-state index is 12.6. The Labute approximate surface area is 118 Å². The smallest absolute Gasteiger partial charge is 0.255 e. The van der Waals surface area contributed by atoms with E-state index in [0.29, 0.717) is 15.9 Å². The van der Waals surface area contributed by atoms with E-state index in [1.165, 1.54) is 23.6 Å². The first-order chi connectivity index (χ1) is 9.06. The van der Waals surface area contributed by atoms with Crippen LogP contribution in [0.3, 0.4) is 0 Å². The van der Waals surface area contributed by atoms with Crippen LogP contribution in [0.1, 0.15) is 5.56 Å². The first-order valence-corrected chi connectivity index (χ1v) is 6.17. The molecule has 0 radical (unpaired) electrons. The average molecular weight is 307 g/mol. The second-order valence-corrected chi connectivity index (χ2v) is 4.66. The molecule has 2 aromatic heterocycles. The molecule has 0 saturated carbocycles. The highest BCUT2D eigenvalue weighted by molar-refractivity contribution is 6.33. The Bertz CT molecular complexity index is 531. The molecule has 102 valence electrons. The number of anilines is 1. The molecule has 0 atom stereocenters. The zero-order valence-corrected chi connectivity index (χ0v) is 11.2. The molecule has 0 unspecified atom stereocenters. The van der Waals surface area contributed by atoms with Gasteiger partial charge in [-0.1, -0.05) is 29.3 Å². The molecule has 3 nitrogen and oxygen atoms in total. The van der Waals surface area contributed by atoms with Crippen LogP contribution in [0.15, 0.2) is 35.3 Å². The summed E-state index contributed by atoms with van der Waals surface area (Å²) in [7, 11) is 0. The highest BCUT2D eigenvalue weighted by atomic mass is 35.5. The van der Waals surface area contributed by atoms with E-state index in [-0.39, 0.29) is 6.54 Å². The number of halogens is 4. The molecule has 0 spiro atoms. The van der Waals surface area contributed by atoms with E-state index in [1.807, 2.05) is 0 Å². The normalized spacial score (nSPS) is 11.0. The minimum Gasteiger partial charge on any atom is -0.469 e. The van der Waals surface area contributed by atoms with Gasteiger partial charge in [0.25, 0.3) is 6.43 Å². The van der Waals surface area contributed by atoms with Gasteiger partial charge in [0.2, 0.25) is 0 Å². The molecule has 0 bridgehead atoms. The van der Waals surface area contributed by atoms with Crippen LogP contribution in [0.2, 0.25) is 10.2 Å². The summed E-state index contributed by atoms with van der Waals surface area (Å²) in [5.74, 6) is 0. The Kier molecular flexibility index (Phi) is 4.61. The first-order valence-electron chi connectivity index (χ1n) is 5.41. The molecule has 0 aliphatic carbocycles. The molecule has 0 aromatic carbocycles. The lowest BCUT2D eigenvalue weighted by atomic mass is 10.2. The molecular formula is C12H10Cl2F2N2O. The van der Waals surface area contributed by atoms with Gasteiger partial charge in [-0.05, 0) is 11.6 Å². The van der Waals surface area contributed by atoms with Gasteiger partial charge >= 0.3 is 0 Å². The molecular weight excluding hydrogens is 297 g/mol. The molecule has 0 fully saturated rings. The van der Waals surface area contributed by atoms with Crippen molar-refractivity contribution in [2.45, 2.75) is 13.0 Å². The summed E-state index contributed by atoms with van der Waals surface area (Å²) in [6.45, 7) is -0.199. The molecule has 0 aliphatic heterocycles. The van der Waals surface area contributed by atoms with E-state index < -0.39 is 13.0 Å². The van der Waals surface area contributed by atoms with Crippen molar-refractivity contribution in [1.29, 1.82) is 0 Å². The molecule has 2 heterocycles. The van der Waals surface area contributed by atoms with Gasteiger partial charge < -0.3 is 9.32 Å². The maximum Gasteiger partial charge on any atom is 0.255 e. The van der Waals surface area contributed by atoms with E-state index in [0.717, 1.165) is 5.56 Å². The predicted octanol–water partition coefficient (Wildman–Crippen LogP) is 4.25. The van der Waals surface area contributed by atoms with Gasteiger partial charge in [0.1, 0.15) is 22.7 Å². The third-order valence-electron chi connectivity index (χ3n) is 2.46. The van der Waals surface area contributed by atoms with Crippen molar-refractivity contribution in [3.63, 3.8) is 0 Å². The molecule has 0 amide bonds. The fourth-order valence-electron chi connectivity index (χ4n) is 1.64. The van der Waals surface area contributed by atoms with Crippen molar-refractivity contribution in [3.05, 3.63) is 46.6 Å². The highest BCUT2D eigenvalue weighted by Gasteiger charge is 2.17. The third kappa shape index (κ3) is 3.81. The highest BCUT2D eigenvalue weighted by Crippen LogP contribution is 2.28. The lowest BCUT2D eigenvalue weighted by Gasteiger charge is -2.23. The van der Waals surface area contributed by atoms with Crippen LogP contribution in [0, 0.1) is 0 Å². The SMILES string of the molecule is FC(F)CN(Cc1ccc(Cl)nc1)c1cocc1Cl. The van der Waals surface area contributed by atoms with Crippen LogP contribution in [-0.2, 0) is 6.54 Å². The number of hydrogen-bond acceptors (Lipinski definition) is 3. The Balaban J connectivity index is 2.19. The van der Waals surface area contributed by atoms with E-state index in [9.17, 15) is 8.78 Å². The number of aromatic nitrogens is 1. The molecule has 7 heteroatoms. The number of hydrogen-bond donors (Lipinski definition) is 0. The minimum absolute atomic E-state index is 0.244. The Morgan fingerprint density at radius 3 is 2.58 bits per heavy atom. The van der Waals surface area contributed by atoms with Gasteiger partial charge in [0.05, 0.1) is 12.2 Å². The van der Waals surface area contributed by atoms with Crippen molar-refractivity contribution in [3.8, 4) is 0 Å². The van der Waals surface area contributed by atoms with Gasteiger partial charge in [-0.15, -0.1) is 0 Å². The van der Waals surface area contributed by atoms with Gasteiger partial charge in [-0.2, -0.15) is 0 Å². The third-order valence-corrected chi connectivity index (χ3v) is 2.96. The molecule has 19 heavy (non-hydrogen) atoms. The Morgan fingerprint density at radius 2 is 2.05 bits per heavy atom. The summed E-state index contributed by atoms with van der Waals surface area (Å²) >= 11 is 11.6. The fraction of sp³-hybridized carbons (Fsp3) is 0.250. The quantitative estimate of drug-likeness (QED) is 0.773. The lowest BCUT2D eigenvalue weighted by molar-refractivity contribution is 0.154. The summed E-state index contributed by atoms with van der Waals surface area (Å²) in [5.41, 5.74) is 1.18. The first kappa shape index (κ1) is 14.1. The summed E-state index contributed by atoms with van der Waals surface area (Å²) in [5, 5.41) is 0.646. The molecule has 0 N–H and O–H groups in total. The zero-order chi connectivity index (χ0) is 13.8. The number of furan rings is 1. The standard InChI is InChI=1S/C12H10Cl2F2N2O/c13-9-6-19-7-10(9)18(5-12(15)16)4-8-1-2-11(14)17-3-8/h1-3,6-7,12H,4-5H2. The van der Waals surface area contributed by atoms with Crippen LogP contribution in [0.5, 0.6) is 0 Å². The minimum atomic E-state index is -2.48. The molecule has 0 saturated heterocycles. The topological polar surface area (TPSA) is 29.3 Å². The van der Waals surface area contributed by atoms with Gasteiger partial charge in [-0.25, -0.2) is 13.8 Å². The average Bonchev–Trinajstić information content (AvgIpc) is 2.77. The predicted molar refractivity (Wildman–Crippen MR) is 70.0 cm³/mol. The second-order valence-electron chi connectivity index (χ2n) is 3.87. The molecule has 2 aromatic rings. The number of alkyl halides is 2. The molecule has 0 aliphatic rings. The summed E-state index contributed by atoms with van der Waals surface area (Å²) in [4.78, 5) is 5.34. The lowest BCUT2D eigenvalue weighted by Crippen LogP contribution is -2.28. The number of rotatable bonds is 5. The van der Waals surface area contributed by atoms with Crippen LogP contribution < -0.4 is 4.90 Å². The zero-order valence-electron chi connectivity index (χ0n) is 9.69. The summed E-state index contributed by atoms with van der Waals surface area (Å²) < 4.78 is 30.2. The van der Waals surface area contributed by atoms with Crippen molar-refractivity contribution < 1.29 is 13.2 Å². The van der Waals surface area contributed by atoms with Gasteiger partial charge in [0.15, 0.2) is 0 Å². The van der Waals surface area contributed by atoms with Crippen LogP contribution in [0.25, 0.3) is 0 Å². The van der Waals surface area contributed by atoms with Crippen molar-refractivity contribution in [2.75, 3.05) is 11.4 Å². The summed E-state index contributed by atoms with van der Waals surface area (Å²) in [6.07, 6.45) is 1.70. The number of nitrogens with zero attached hydrogens (tertiary/aromatic N) is 2. The van der Waals surface area contributed by atoms with Gasteiger partial charge in [0, 0.05) is 12.7 Å². The second kappa shape index (κ2) is 6.21. The fourth-order valence-corrected chi connectivity index (χ4v) is 1.96. The van der Waals surface area contributed by atoms with Gasteiger partial charge in [-0.3, -0.25) is 0 Å². The van der Waals surface area contributed by atoms with Crippen molar-refractivity contribution in [2.24, 2.45) is 0 Å². The number of pyridine rings is 1. The van der Waals surface area contributed by atoms with E-state index in [1.54, 1.807) is 12.1 Å². The van der Waals surface area contributed by atoms with E-state index >= 15 is 0 Å². The van der Waals surface area contributed by atoms with E-state index in [4.69, 9.17) is 27.6 Å². The maximum absolute atomic E-state index is 12.6. The van der Waals surface area contributed by atoms with Crippen LogP contribution in [0.4, 0.5) is 14.5 Å². The van der Waals surface area contributed by atoms with Crippen LogP contribution in [-0.4, -0.2) is 18.0 Å². The van der Waals surface area contributed by atoms with Crippen molar-refractivity contribution >= 4 is 28.9 Å². The van der Waals surface area contributed by atoms with Crippen LogP contribution >= 0.6 is 23.2 Å². The van der Waals surface area contributed by atoms with E-state index in [2.05, 4.69) is 4.98 Å². The molecule has 2 rings (SSSR count). The van der Waals surface area contributed by atoms with Crippen molar-refractivity contribution in [1.82, 2.24) is 4.98 Å². The largest absolute Gasteiger partial charge is 0.469 e. The summed E-state index contributed by atoms with van der Waals surface area (Å²) in [6, 6.07) is 3.33.